The Hall–Kier alpha value is -0.470. The van der Waals surface area contributed by atoms with E-state index >= 15 is 0 Å². The van der Waals surface area contributed by atoms with Crippen LogP contribution in [0.1, 0.15) is 79.6 Å². The van der Waals surface area contributed by atoms with Crippen LogP contribution in [0.25, 0.3) is 0 Å². The summed E-state index contributed by atoms with van der Waals surface area (Å²) in [5, 5.41) is 35.2. The molecule has 9 atom stereocenters. The van der Waals surface area contributed by atoms with Crippen molar-refractivity contribution in [1.29, 1.82) is 0 Å². The first kappa shape index (κ1) is 25.2. The van der Waals surface area contributed by atoms with Crippen molar-refractivity contribution in [2.75, 3.05) is 18.8 Å². The average molecular weight is 494 g/mol. The number of fused-ring (bicyclic) bond motifs is 5. The molecule has 6 nitrogen and oxygen atoms in total. The van der Waals surface area contributed by atoms with Crippen LogP contribution in [0.5, 0.6) is 0 Å². The van der Waals surface area contributed by atoms with Crippen LogP contribution >= 0.6 is 11.8 Å². The predicted octanol–water partition coefficient (Wildman–Crippen LogP) is 3.02. The van der Waals surface area contributed by atoms with Gasteiger partial charge in [-0.1, -0.05) is 13.8 Å². The molecule has 0 bridgehead atoms. The summed E-state index contributed by atoms with van der Waals surface area (Å²) in [6.45, 7) is 11.5. The standard InChI is InChI=1S/C27H43NO5S/c1-16(29)18-6-7-19-17-8-9-26(32)13-21(31)27(33,28-10-11-34-23(2,3)15-28)14-25(26,5)22(17)20(30)12-24(18,19)4/h17-19,21-22,31-33H,6-15H2,1-5H3/t17-,18+,19-,21?,22+,24+,25+,26?,27?/m0/s1. The number of hydrogen-bond acceptors (Lipinski definition) is 7. The third kappa shape index (κ3) is 3.36. The van der Waals surface area contributed by atoms with Gasteiger partial charge in [0.25, 0.3) is 0 Å². The normalized spacial score (nSPS) is 53.1. The van der Waals surface area contributed by atoms with Crippen LogP contribution in [0.2, 0.25) is 0 Å². The minimum atomic E-state index is -1.46. The number of thioether (sulfide) groups is 1. The first-order valence-corrected chi connectivity index (χ1v) is 14.2. The Morgan fingerprint density at radius 2 is 1.82 bits per heavy atom. The fourth-order valence-electron chi connectivity index (χ4n) is 9.44. The lowest BCUT2D eigenvalue weighted by atomic mass is 9.42. The third-order valence-electron chi connectivity index (χ3n) is 11.1. The largest absolute Gasteiger partial charge is 0.389 e. The van der Waals surface area contributed by atoms with E-state index in [-0.39, 0.29) is 58.2 Å². The molecule has 0 aromatic rings. The van der Waals surface area contributed by atoms with Crippen molar-refractivity contribution in [3.8, 4) is 0 Å². The summed E-state index contributed by atoms with van der Waals surface area (Å²) in [6.07, 6.45) is 2.69. The number of hydrogen-bond donors (Lipinski definition) is 3. The second kappa shape index (κ2) is 7.77. The lowest BCUT2D eigenvalue weighted by molar-refractivity contribution is -0.295. The van der Waals surface area contributed by atoms with Crippen LogP contribution in [-0.2, 0) is 9.59 Å². The van der Waals surface area contributed by atoms with E-state index in [2.05, 4.69) is 20.8 Å². The number of nitrogens with zero attached hydrogens (tertiary/aromatic N) is 1. The van der Waals surface area contributed by atoms with Gasteiger partial charge in [0, 0.05) is 60.1 Å². The molecule has 0 aromatic heterocycles. The number of aliphatic hydroxyl groups is 3. The van der Waals surface area contributed by atoms with Gasteiger partial charge in [0.2, 0.25) is 0 Å². The van der Waals surface area contributed by atoms with Crippen LogP contribution in [0.4, 0.5) is 0 Å². The highest BCUT2D eigenvalue weighted by atomic mass is 32.2. The smallest absolute Gasteiger partial charge is 0.145 e. The Labute approximate surface area is 208 Å². The Kier molecular flexibility index (Phi) is 5.75. The molecular weight excluding hydrogens is 450 g/mol. The molecule has 4 aliphatic carbocycles. The summed E-state index contributed by atoms with van der Waals surface area (Å²) < 4.78 is -0.0362. The average Bonchev–Trinajstić information content (AvgIpc) is 3.05. The molecular formula is C27H43NO5S. The van der Waals surface area contributed by atoms with Crippen molar-refractivity contribution in [3.63, 3.8) is 0 Å². The zero-order chi connectivity index (χ0) is 24.9. The first-order valence-electron chi connectivity index (χ1n) is 13.2. The molecule has 1 aliphatic heterocycles. The van der Waals surface area contributed by atoms with E-state index in [1.165, 1.54) is 0 Å². The Bertz CT molecular complexity index is 894. The molecule has 5 rings (SSSR count). The summed E-state index contributed by atoms with van der Waals surface area (Å²) in [7, 11) is 0. The summed E-state index contributed by atoms with van der Waals surface area (Å²) in [4.78, 5) is 28.4. The maximum Gasteiger partial charge on any atom is 0.145 e. The van der Waals surface area contributed by atoms with Crippen LogP contribution in [0, 0.1) is 34.5 Å². The highest BCUT2D eigenvalue weighted by Crippen LogP contribution is 2.68. The van der Waals surface area contributed by atoms with Crippen molar-refractivity contribution in [1.82, 2.24) is 4.90 Å². The van der Waals surface area contributed by atoms with Gasteiger partial charge in [-0.3, -0.25) is 14.5 Å². The summed E-state index contributed by atoms with van der Waals surface area (Å²) >= 11 is 1.87. The van der Waals surface area contributed by atoms with Gasteiger partial charge < -0.3 is 15.3 Å². The summed E-state index contributed by atoms with van der Waals surface area (Å²) in [5.41, 5.74) is -3.75. The second-order valence-corrected chi connectivity index (χ2v) is 15.2. The van der Waals surface area contributed by atoms with Crippen LogP contribution in [0.3, 0.4) is 0 Å². The van der Waals surface area contributed by atoms with Crippen molar-refractivity contribution in [3.05, 3.63) is 0 Å². The van der Waals surface area contributed by atoms with E-state index in [0.717, 1.165) is 25.0 Å². The quantitative estimate of drug-likeness (QED) is 0.544. The maximum atomic E-state index is 13.9. The second-order valence-electron chi connectivity index (χ2n) is 13.4. The van der Waals surface area contributed by atoms with Gasteiger partial charge in [-0.25, -0.2) is 0 Å². The highest BCUT2D eigenvalue weighted by Gasteiger charge is 2.71. The van der Waals surface area contributed by atoms with Gasteiger partial charge in [0.05, 0.1) is 11.7 Å². The third-order valence-corrected chi connectivity index (χ3v) is 12.4. The van der Waals surface area contributed by atoms with E-state index in [9.17, 15) is 24.9 Å². The lowest BCUT2D eigenvalue weighted by Gasteiger charge is -2.66. The molecule has 7 heteroatoms. The highest BCUT2D eigenvalue weighted by molar-refractivity contribution is 8.00. The number of carbonyl (C=O) groups excluding carboxylic acids is 2. The van der Waals surface area contributed by atoms with E-state index in [0.29, 0.717) is 25.9 Å². The van der Waals surface area contributed by atoms with Gasteiger partial charge in [0.15, 0.2) is 0 Å². The number of carbonyl (C=O) groups is 2. The maximum absolute atomic E-state index is 13.9. The van der Waals surface area contributed by atoms with Crippen LogP contribution in [-0.4, -0.2) is 72.8 Å². The van der Waals surface area contributed by atoms with Crippen LogP contribution < -0.4 is 0 Å². The molecule has 4 saturated carbocycles. The predicted molar refractivity (Wildman–Crippen MR) is 132 cm³/mol. The summed E-state index contributed by atoms with van der Waals surface area (Å²) in [6, 6.07) is 0. The molecule has 0 aromatic carbocycles. The van der Waals surface area contributed by atoms with E-state index < -0.39 is 22.8 Å². The Morgan fingerprint density at radius 3 is 2.47 bits per heavy atom. The van der Waals surface area contributed by atoms with Gasteiger partial charge in [-0.2, -0.15) is 11.8 Å². The molecule has 0 spiro atoms. The van der Waals surface area contributed by atoms with E-state index in [1.807, 2.05) is 23.6 Å². The molecule has 34 heavy (non-hydrogen) atoms. The Morgan fingerprint density at radius 1 is 1.12 bits per heavy atom. The van der Waals surface area contributed by atoms with Crippen molar-refractivity contribution in [2.45, 2.75) is 102 Å². The zero-order valence-corrected chi connectivity index (χ0v) is 22.3. The fraction of sp³-hybridized carbons (Fsp3) is 0.926. The SMILES string of the molecule is CC(=O)[C@H]1CC[C@H]2[C@@H]3CCC4(O)CC(O)C(O)(N5CCSC(C)(C)C5)C[C@]4(C)[C@H]3C(=O)C[C@]12C. The molecule has 3 N–H and O–H groups in total. The van der Waals surface area contributed by atoms with E-state index in [1.54, 1.807) is 6.92 Å². The minimum Gasteiger partial charge on any atom is -0.389 e. The van der Waals surface area contributed by atoms with Gasteiger partial charge in [0.1, 0.15) is 17.3 Å². The number of rotatable bonds is 2. The number of ketones is 2. The fourth-order valence-corrected chi connectivity index (χ4v) is 10.6. The van der Waals surface area contributed by atoms with Crippen molar-refractivity contribution < 1.29 is 24.9 Å². The molecule has 192 valence electrons. The molecule has 5 aliphatic rings. The molecule has 5 fully saturated rings. The van der Waals surface area contributed by atoms with Gasteiger partial charge in [-0.15, -0.1) is 0 Å². The zero-order valence-electron chi connectivity index (χ0n) is 21.5. The molecule has 0 radical (unpaired) electrons. The minimum absolute atomic E-state index is 0.0362. The lowest BCUT2D eigenvalue weighted by Crippen LogP contribution is -2.74. The van der Waals surface area contributed by atoms with Crippen LogP contribution in [0.15, 0.2) is 0 Å². The topological polar surface area (TPSA) is 98.1 Å². The molecule has 1 heterocycles. The molecule has 1 saturated heterocycles. The van der Waals surface area contributed by atoms with Crippen molar-refractivity contribution >= 4 is 23.3 Å². The first-order chi connectivity index (χ1) is 15.7. The monoisotopic (exact) mass is 493 g/mol. The van der Waals surface area contributed by atoms with Crippen molar-refractivity contribution in [2.24, 2.45) is 34.5 Å². The summed E-state index contributed by atoms with van der Waals surface area (Å²) in [5.74, 6) is 1.21. The van der Waals surface area contributed by atoms with E-state index in [4.69, 9.17) is 0 Å². The number of Topliss-reactive ketones (excluding diaryl/α,β-unsaturated/α-hetero) is 2. The van der Waals surface area contributed by atoms with Gasteiger partial charge >= 0.3 is 0 Å². The Balaban J connectivity index is 1.51. The number of aliphatic hydroxyl groups excluding tert-OH is 1. The molecule has 3 unspecified atom stereocenters. The van der Waals surface area contributed by atoms with Gasteiger partial charge in [-0.05, 0) is 63.7 Å². The molecule has 0 amide bonds.